The number of aromatic amines is 1. The molecule has 0 aliphatic carbocycles. The maximum absolute atomic E-state index is 13.8. The number of carbonyl (C=O) groups excluding carboxylic acids is 1. The smallest absolute Gasteiger partial charge is 0.360 e. The number of aryl methyl sites for hydroxylation is 1. The van der Waals surface area contributed by atoms with E-state index in [9.17, 15) is 22.8 Å². The van der Waals surface area contributed by atoms with Crippen LogP contribution in [0.4, 0.5) is 24.7 Å². The number of carbonyl (C=O) groups is 1. The van der Waals surface area contributed by atoms with E-state index in [2.05, 4.69) is 15.3 Å². The molecule has 5 rings (SSSR count). The molecule has 2 saturated heterocycles. The van der Waals surface area contributed by atoms with Crippen molar-refractivity contribution < 1.29 is 18.0 Å². The Balaban J connectivity index is 1.51. The number of pyridine rings is 2. The van der Waals surface area contributed by atoms with Gasteiger partial charge in [-0.3, -0.25) is 9.59 Å². The van der Waals surface area contributed by atoms with Crippen molar-refractivity contribution >= 4 is 28.3 Å². The van der Waals surface area contributed by atoms with E-state index in [0.717, 1.165) is 25.7 Å². The first-order chi connectivity index (χ1) is 15.2. The highest BCUT2D eigenvalue weighted by molar-refractivity contribution is 6.06. The molecule has 32 heavy (non-hydrogen) atoms. The minimum absolute atomic E-state index is 0.216. The molecular formula is C23H21F3N4O2. The van der Waals surface area contributed by atoms with Crippen molar-refractivity contribution in [2.45, 2.75) is 50.9 Å². The van der Waals surface area contributed by atoms with E-state index in [4.69, 9.17) is 0 Å². The van der Waals surface area contributed by atoms with Crippen LogP contribution >= 0.6 is 0 Å². The third-order valence-corrected chi connectivity index (χ3v) is 6.48. The van der Waals surface area contributed by atoms with Gasteiger partial charge in [-0.15, -0.1) is 0 Å². The molecule has 1 aromatic carbocycles. The van der Waals surface area contributed by atoms with Crippen LogP contribution < -0.4 is 15.6 Å². The molecule has 1 amide bonds. The molecular weight excluding hydrogens is 421 g/mol. The topological polar surface area (TPSA) is 78.1 Å². The van der Waals surface area contributed by atoms with Crippen LogP contribution in [-0.4, -0.2) is 28.0 Å². The second-order valence-corrected chi connectivity index (χ2v) is 8.42. The van der Waals surface area contributed by atoms with Crippen LogP contribution in [0.5, 0.6) is 0 Å². The summed E-state index contributed by atoms with van der Waals surface area (Å²) in [5.74, 6) is -0.641. The highest BCUT2D eigenvalue weighted by Crippen LogP contribution is 2.42. The zero-order valence-electron chi connectivity index (χ0n) is 17.3. The van der Waals surface area contributed by atoms with Gasteiger partial charge in [-0.2, -0.15) is 13.2 Å². The molecule has 2 bridgehead atoms. The first-order valence-electron chi connectivity index (χ1n) is 10.5. The molecule has 4 heterocycles. The van der Waals surface area contributed by atoms with E-state index >= 15 is 0 Å². The largest absolute Gasteiger partial charge is 0.435 e. The van der Waals surface area contributed by atoms with Gasteiger partial charge in [-0.05, 0) is 56.4 Å². The summed E-state index contributed by atoms with van der Waals surface area (Å²) in [4.78, 5) is 34.4. The summed E-state index contributed by atoms with van der Waals surface area (Å²) >= 11 is 0. The fourth-order valence-electron chi connectivity index (χ4n) is 4.99. The number of benzene rings is 1. The molecule has 0 unspecified atom stereocenters. The maximum atomic E-state index is 13.8. The van der Waals surface area contributed by atoms with Crippen LogP contribution in [0.25, 0.3) is 10.9 Å². The number of anilines is 2. The van der Waals surface area contributed by atoms with Crippen molar-refractivity contribution in [1.82, 2.24) is 9.97 Å². The second-order valence-electron chi connectivity index (χ2n) is 8.42. The summed E-state index contributed by atoms with van der Waals surface area (Å²) in [6.07, 6.45) is 0.277. The number of H-pyrrole nitrogens is 1. The molecule has 2 fully saturated rings. The summed E-state index contributed by atoms with van der Waals surface area (Å²) < 4.78 is 41.5. The van der Waals surface area contributed by atoms with E-state index in [1.165, 1.54) is 18.3 Å². The molecule has 2 aliphatic rings. The first-order valence-corrected chi connectivity index (χ1v) is 10.5. The van der Waals surface area contributed by atoms with Gasteiger partial charge < -0.3 is 15.2 Å². The summed E-state index contributed by atoms with van der Waals surface area (Å²) in [5, 5.41) is 2.58. The maximum Gasteiger partial charge on any atom is 0.435 e. The predicted molar refractivity (Wildman–Crippen MR) is 115 cm³/mol. The van der Waals surface area contributed by atoms with Gasteiger partial charge in [0.2, 0.25) is 5.43 Å². The fourth-order valence-corrected chi connectivity index (χ4v) is 4.99. The summed E-state index contributed by atoms with van der Waals surface area (Å²) in [7, 11) is 0. The van der Waals surface area contributed by atoms with Crippen molar-refractivity contribution in [3.63, 3.8) is 0 Å². The lowest BCUT2D eigenvalue weighted by Gasteiger charge is -2.25. The van der Waals surface area contributed by atoms with Crippen LogP contribution in [0.15, 0.2) is 41.3 Å². The number of aromatic nitrogens is 2. The first kappa shape index (κ1) is 20.5. The normalized spacial score (nSPS) is 20.2. The lowest BCUT2D eigenvalue weighted by atomic mass is 10.0. The van der Waals surface area contributed by atoms with Crippen LogP contribution in [0.1, 0.15) is 47.3 Å². The number of alkyl halides is 3. The third kappa shape index (κ3) is 3.32. The van der Waals surface area contributed by atoms with Gasteiger partial charge in [0.05, 0.1) is 5.69 Å². The molecule has 9 heteroatoms. The van der Waals surface area contributed by atoms with Crippen LogP contribution in [0, 0.1) is 6.92 Å². The van der Waals surface area contributed by atoms with Crippen LogP contribution in [0.2, 0.25) is 0 Å². The Kier molecular flexibility index (Phi) is 4.72. The standard InChI is InChI=1S/C23H21F3N4O2/c1-12-3-2-4-16-19(12)20(31)15(11-27-16)22(32)28-17-9-10-18(29-21(17)23(24,25)26)30-13-5-6-14(30)8-7-13/h2-4,9-11,13-14H,5-8H2,1H3,(H,27,31)(H,28,32). The Bertz CT molecular complexity index is 1260. The van der Waals surface area contributed by atoms with Crippen molar-refractivity contribution in [2.24, 2.45) is 0 Å². The van der Waals surface area contributed by atoms with E-state index in [1.54, 1.807) is 25.1 Å². The van der Waals surface area contributed by atoms with Gasteiger partial charge >= 0.3 is 6.18 Å². The Hall–Kier alpha value is -3.36. The number of halogens is 3. The predicted octanol–water partition coefficient (Wildman–Crippen LogP) is 4.63. The number of fused-ring (bicyclic) bond motifs is 3. The van der Waals surface area contributed by atoms with Gasteiger partial charge in [0.25, 0.3) is 5.91 Å². The molecule has 2 aliphatic heterocycles. The van der Waals surface area contributed by atoms with Gasteiger partial charge in [-0.1, -0.05) is 12.1 Å². The van der Waals surface area contributed by atoms with Crippen molar-refractivity contribution in [2.75, 3.05) is 10.2 Å². The third-order valence-electron chi connectivity index (χ3n) is 6.48. The number of amides is 1. The van der Waals surface area contributed by atoms with E-state index in [0.29, 0.717) is 16.5 Å². The highest BCUT2D eigenvalue weighted by atomic mass is 19.4. The summed E-state index contributed by atoms with van der Waals surface area (Å²) in [6.45, 7) is 1.73. The fraction of sp³-hybridized carbons (Fsp3) is 0.348. The van der Waals surface area contributed by atoms with Gasteiger partial charge in [0, 0.05) is 29.2 Å². The molecule has 2 aromatic heterocycles. The zero-order chi connectivity index (χ0) is 22.6. The molecule has 0 spiro atoms. The number of nitrogens with one attached hydrogen (secondary N) is 2. The highest BCUT2D eigenvalue weighted by Gasteiger charge is 2.42. The van der Waals surface area contributed by atoms with Crippen LogP contribution in [0.3, 0.4) is 0 Å². The number of nitrogens with zero attached hydrogens (tertiary/aromatic N) is 2. The lowest BCUT2D eigenvalue weighted by molar-refractivity contribution is -0.140. The Morgan fingerprint density at radius 3 is 2.47 bits per heavy atom. The minimum Gasteiger partial charge on any atom is -0.360 e. The minimum atomic E-state index is -4.76. The molecule has 166 valence electrons. The number of rotatable bonds is 3. The van der Waals surface area contributed by atoms with Gasteiger partial charge in [-0.25, -0.2) is 4.98 Å². The Morgan fingerprint density at radius 2 is 1.81 bits per heavy atom. The average molecular weight is 442 g/mol. The summed E-state index contributed by atoms with van der Waals surface area (Å²) in [6, 6.07) is 8.36. The van der Waals surface area contributed by atoms with Gasteiger partial charge in [0.1, 0.15) is 11.4 Å². The van der Waals surface area contributed by atoms with Crippen molar-refractivity contribution in [3.05, 3.63) is 63.6 Å². The molecule has 0 saturated carbocycles. The summed E-state index contributed by atoms with van der Waals surface area (Å²) in [5.41, 5.74) is -1.22. The van der Waals surface area contributed by atoms with Crippen molar-refractivity contribution in [1.29, 1.82) is 0 Å². The molecule has 0 atom stereocenters. The number of hydrogen-bond acceptors (Lipinski definition) is 4. The van der Waals surface area contributed by atoms with E-state index < -0.39 is 28.9 Å². The van der Waals surface area contributed by atoms with E-state index in [1.807, 2.05) is 4.90 Å². The molecule has 0 radical (unpaired) electrons. The van der Waals surface area contributed by atoms with Crippen molar-refractivity contribution in [3.8, 4) is 0 Å². The molecule has 2 N–H and O–H groups in total. The Labute approximate surface area is 181 Å². The molecule has 6 nitrogen and oxygen atoms in total. The number of hydrogen-bond donors (Lipinski definition) is 2. The quantitative estimate of drug-likeness (QED) is 0.620. The Morgan fingerprint density at radius 1 is 1.12 bits per heavy atom. The monoisotopic (exact) mass is 442 g/mol. The zero-order valence-corrected chi connectivity index (χ0v) is 17.3. The molecule has 3 aromatic rings. The SMILES string of the molecule is Cc1cccc2[nH]cc(C(=O)Nc3ccc(N4C5CCC4CC5)nc3C(F)(F)F)c(=O)c12. The lowest BCUT2D eigenvalue weighted by Crippen LogP contribution is -2.30. The van der Waals surface area contributed by atoms with Crippen LogP contribution in [-0.2, 0) is 6.18 Å². The second kappa shape index (κ2) is 7.36. The average Bonchev–Trinajstić information content (AvgIpc) is 3.34. The van der Waals surface area contributed by atoms with E-state index in [-0.39, 0.29) is 23.5 Å². The van der Waals surface area contributed by atoms with Gasteiger partial charge in [0.15, 0.2) is 5.69 Å².